The number of rotatable bonds is 3. The maximum absolute atomic E-state index is 4.28. The molecule has 1 fully saturated rings. The van der Waals surface area contributed by atoms with E-state index in [1.807, 2.05) is 0 Å². The predicted octanol–water partition coefficient (Wildman–Crippen LogP) is 2.62. The molecule has 0 spiro atoms. The lowest BCUT2D eigenvalue weighted by Crippen LogP contribution is -2.14. The molecule has 0 unspecified atom stereocenters. The van der Waals surface area contributed by atoms with E-state index >= 15 is 0 Å². The van der Waals surface area contributed by atoms with Crippen LogP contribution in [0.4, 0.5) is 0 Å². The van der Waals surface area contributed by atoms with Gasteiger partial charge < -0.3 is 0 Å². The van der Waals surface area contributed by atoms with Crippen LogP contribution in [0.3, 0.4) is 0 Å². The summed E-state index contributed by atoms with van der Waals surface area (Å²) in [7, 11) is 0.414. The highest BCUT2D eigenvalue weighted by atomic mass is 32.1. The standard InChI is InChI=1S/C11H24SSi2/c12-8-4-7-11-14-10-6-3-1-2-5-9-13-14/h11-12H,1-10,13H2. The van der Waals surface area contributed by atoms with E-state index in [0.717, 1.165) is 5.75 Å². The summed E-state index contributed by atoms with van der Waals surface area (Å²) in [6.07, 6.45) is 10.3. The molecule has 0 bridgehead atoms. The van der Waals surface area contributed by atoms with Gasteiger partial charge in [-0.05, 0) is 32.6 Å². The van der Waals surface area contributed by atoms with Crippen LogP contribution in [0, 0.1) is 0 Å². The zero-order valence-corrected chi connectivity index (χ0v) is 12.6. The van der Waals surface area contributed by atoms with E-state index in [1.165, 1.54) is 32.1 Å². The molecule has 0 nitrogen and oxygen atoms in total. The maximum Gasteiger partial charge on any atom is 0.0316 e. The summed E-state index contributed by atoms with van der Waals surface area (Å²) >= 11 is 4.28. The molecule has 82 valence electrons. The van der Waals surface area contributed by atoms with Crippen LogP contribution in [-0.2, 0) is 0 Å². The van der Waals surface area contributed by atoms with E-state index in [2.05, 4.69) is 18.3 Å². The average Bonchev–Trinajstić information content (AvgIpc) is 2.32. The van der Waals surface area contributed by atoms with Crippen LogP contribution in [-0.4, -0.2) is 28.4 Å². The van der Waals surface area contributed by atoms with E-state index in [9.17, 15) is 0 Å². The van der Waals surface area contributed by atoms with Crippen molar-refractivity contribution in [3.05, 3.63) is 0 Å². The first-order chi connectivity index (χ1) is 6.93. The molecule has 1 aliphatic heterocycles. The number of thiol groups is 1. The highest BCUT2D eigenvalue weighted by Gasteiger charge is 2.03. The minimum Gasteiger partial charge on any atom is -0.179 e. The fraction of sp³-hybridized carbons (Fsp3) is 0.909. The predicted molar refractivity (Wildman–Crippen MR) is 76.1 cm³/mol. The van der Waals surface area contributed by atoms with Crippen molar-refractivity contribution in [3.63, 3.8) is 0 Å². The topological polar surface area (TPSA) is 0 Å². The average molecular weight is 245 g/mol. The van der Waals surface area contributed by atoms with Gasteiger partial charge in [-0.15, -0.1) is 5.67 Å². The molecule has 1 saturated heterocycles. The summed E-state index contributed by atoms with van der Waals surface area (Å²) in [4.78, 5) is 0. The molecular weight excluding hydrogens is 220 g/mol. The first-order valence-corrected chi connectivity index (χ1v) is 12.0. The smallest absolute Gasteiger partial charge is 0.0316 e. The van der Waals surface area contributed by atoms with Gasteiger partial charge >= 0.3 is 0 Å². The van der Waals surface area contributed by atoms with Gasteiger partial charge in [-0.2, -0.15) is 12.6 Å². The van der Waals surface area contributed by atoms with Gasteiger partial charge in [0.1, 0.15) is 0 Å². The third-order valence-corrected chi connectivity index (χ3v) is 11.6. The van der Waals surface area contributed by atoms with Crippen LogP contribution in [0.15, 0.2) is 0 Å². The van der Waals surface area contributed by atoms with Crippen LogP contribution in [0.1, 0.15) is 44.9 Å². The molecule has 0 saturated carbocycles. The highest BCUT2D eigenvalue weighted by molar-refractivity contribution is 7.80. The Morgan fingerprint density at radius 2 is 1.93 bits per heavy atom. The van der Waals surface area contributed by atoms with Crippen LogP contribution in [0.25, 0.3) is 0 Å². The van der Waals surface area contributed by atoms with Crippen LogP contribution in [0.5, 0.6) is 0 Å². The van der Waals surface area contributed by atoms with E-state index in [1.54, 1.807) is 24.9 Å². The Balaban J connectivity index is 2.27. The molecule has 1 heterocycles. The van der Waals surface area contributed by atoms with E-state index < -0.39 is 0 Å². The van der Waals surface area contributed by atoms with Gasteiger partial charge in [0.2, 0.25) is 0 Å². The summed E-state index contributed by atoms with van der Waals surface area (Å²) in [6.45, 7) is 0. The van der Waals surface area contributed by atoms with E-state index in [0.29, 0.717) is 9.04 Å². The van der Waals surface area contributed by atoms with Crippen molar-refractivity contribution in [1.29, 1.82) is 0 Å². The lowest BCUT2D eigenvalue weighted by molar-refractivity contribution is 0.658. The lowest BCUT2D eigenvalue weighted by Gasteiger charge is -2.03. The number of hydrogen-bond acceptors (Lipinski definition) is 1. The number of unbranched alkanes of at least 4 members (excludes halogenated alkanes) is 1. The second-order valence-electron chi connectivity index (χ2n) is 4.35. The van der Waals surface area contributed by atoms with Gasteiger partial charge in [0, 0.05) is 9.04 Å². The highest BCUT2D eigenvalue weighted by Crippen LogP contribution is 2.11. The molecule has 0 radical (unpaired) electrons. The van der Waals surface area contributed by atoms with Crippen molar-refractivity contribution < 1.29 is 0 Å². The third-order valence-electron chi connectivity index (χ3n) is 3.04. The SMILES string of the molecule is SCCCC=[Si]1CCCCCCC[SiH2]1. The molecule has 3 heteroatoms. The summed E-state index contributed by atoms with van der Waals surface area (Å²) in [5.41, 5.74) is 2.73. The summed E-state index contributed by atoms with van der Waals surface area (Å²) < 4.78 is 0. The van der Waals surface area contributed by atoms with Gasteiger partial charge in [0.25, 0.3) is 0 Å². The quantitative estimate of drug-likeness (QED) is 0.440. The van der Waals surface area contributed by atoms with Crippen LogP contribution < -0.4 is 0 Å². The minimum atomic E-state index is 0.0776. The Kier molecular flexibility index (Phi) is 8.11. The lowest BCUT2D eigenvalue weighted by atomic mass is 10.2. The van der Waals surface area contributed by atoms with Crippen molar-refractivity contribution in [3.8, 4) is 0 Å². The second kappa shape index (κ2) is 8.92. The fourth-order valence-corrected chi connectivity index (χ4v) is 10.2. The first kappa shape index (κ1) is 12.7. The molecule has 0 aromatic heterocycles. The van der Waals surface area contributed by atoms with Crippen LogP contribution in [0.2, 0.25) is 12.1 Å². The molecule has 0 atom stereocenters. The minimum absolute atomic E-state index is 0.0776. The van der Waals surface area contributed by atoms with Crippen molar-refractivity contribution in [2.75, 3.05) is 5.75 Å². The zero-order chi connectivity index (χ0) is 10.1. The fourth-order valence-electron chi connectivity index (χ4n) is 2.14. The Bertz CT molecular complexity index is 157. The van der Waals surface area contributed by atoms with Gasteiger partial charge in [-0.3, -0.25) is 0 Å². The summed E-state index contributed by atoms with van der Waals surface area (Å²) in [5, 5.41) is 0. The summed E-state index contributed by atoms with van der Waals surface area (Å²) in [6, 6.07) is 3.26. The molecule has 0 aromatic carbocycles. The zero-order valence-electron chi connectivity index (χ0n) is 9.30. The van der Waals surface area contributed by atoms with Crippen molar-refractivity contribution in [2.45, 2.75) is 57.0 Å². The second-order valence-corrected chi connectivity index (χ2v) is 12.5. The van der Waals surface area contributed by atoms with E-state index in [4.69, 9.17) is 0 Å². The van der Waals surface area contributed by atoms with Gasteiger partial charge in [-0.1, -0.05) is 38.1 Å². The monoisotopic (exact) mass is 244 g/mol. The largest absolute Gasteiger partial charge is 0.179 e. The molecule has 0 aliphatic carbocycles. The Morgan fingerprint density at radius 3 is 2.79 bits per heavy atom. The maximum atomic E-state index is 4.28. The molecule has 14 heavy (non-hydrogen) atoms. The first-order valence-electron chi connectivity index (χ1n) is 6.22. The molecule has 0 N–H and O–H groups in total. The van der Waals surface area contributed by atoms with Crippen molar-refractivity contribution in [2.24, 2.45) is 0 Å². The normalized spacial score (nSPS) is 24.5. The third kappa shape index (κ3) is 6.20. The van der Waals surface area contributed by atoms with Gasteiger partial charge in [-0.25, -0.2) is 0 Å². The molecule has 0 amide bonds. The number of hydrogen-bond donors (Lipinski definition) is 1. The Labute approximate surface area is 98.1 Å². The Morgan fingerprint density at radius 1 is 1.14 bits per heavy atom. The molecule has 1 rings (SSSR count). The molecular formula is C11H24SSi2. The summed E-state index contributed by atoms with van der Waals surface area (Å²) in [5.74, 6) is 1.08. The van der Waals surface area contributed by atoms with Gasteiger partial charge in [0.15, 0.2) is 0 Å². The van der Waals surface area contributed by atoms with Gasteiger partial charge in [0.05, 0.1) is 0 Å². The molecule has 1 aliphatic rings. The Hall–Kier alpha value is 0.654. The van der Waals surface area contributed by atoms with E-state index in [-0.39, 0.29) is 7.93 Å². The van der Waals surface area contributed by atoms with Crippen molar-refractivity contribution in [1.82, 2.24) is 0 Å². The van der Waals surface area contributed by atoms with Crippen molar-refractivity contribution >= 4 is 35.3 Å². The molecule has 0 aromatic rings. The van der Waals surface area contributed by atoms with Crippen LogP contribution >= 0.6 is 12.6 Å².